The van der Waals surface area contributed by atoms with Gasteiger partial charge in [-0.1, -0.05) is 32.0 Å². The van der Waals surface area contributed by atoms with Crippen LogP contribution in [0.4, 0.5) is 11.4 Å². The molecule has 0 saturated carbocycles. The van der Waals surface area contributed by atoms with Crippen molar-refractivity contribution in [2.24, 2.45) is 5.92 Å². The highest BCUT2D eigenvalue weighted by atomic mass is 32.2. The number of hydrogen-bond acceptors (Lipinski definition) is 4. The molecular weight excluding hydrogens is 414 g/mol. The number of carbonyl (C=O) groups excluding carboxylic acids is 2. The van der Waals surface area contributed by atoms with E-state index in [0.29, 0.717) is 12.1 Å². The van der Waals surface area contributed by atoms with Crippen LogP contribution in [0.3, 0.4) is 0 Å². The molecule has 0 saturated heterocycles. The molecule has 2 amide bonds. The van der Waals surface area contributed by atoms with E-state index < -0.39 is 22.0 Å². The Kier molecular flexibility index (Phi) is 6.52. The number of nitrogens with one attached hydrogen (secondary N) is 2. The zero-order valence-corrected chi connectivity index (χ0v) is 19.3. The standard InChI is InChI=1S/C23H29N3O4S/c1-14(2)22(23(28)24-20-9-7-6-8-15(20)3)25-31(29,30)19-10-11-21-18(13-19)12-16(4)26(21)17(5)27/h6-11,13-14,16,22,25H,12H2,1-5H3,(H,24,28). The molecule has 31 heavy (non-hydrogen) atoms. The van der Waals surface area contributed by atoms with Crippen molar-refractivity contribution in [3.8, 4) is 0 Å². The minimum Gasteiger partial charge on any atom is -0.324 e. The third-order valence-corrected chi connectivity index (χ3v) is 6.99. The van der Waals surface area contributed by atoms with Crippen molar-refractivity contribution in [2.75, 3.05) is 10.2 Å². The third-order valence-electron chi connectivity index (χ3n) is 5.55. The normalized spacial score (nSPS) is 16.8. The maximum absolute atomic E-state index is 13.1. The Morgan fingerprint density at radius 2 is 1.81 bits per heavy atom. The van der Waals surface area contributed by atoms with E-state index in [2.05, 4.69) is 10.0 Å². The first-order valence-corrected chi connectivity index (χ1v) is 11.8. The second-order valence-electron chi connectivity index (χ2n) is 8.38. The van der Waals surface area contributed by atoms with Gasteiger partial charge in [-0.05, 0) is 61.6 Å². The SMILES string of the molecule is CC(=O)N1c2ccc(S(=O)(=O)NC(C(=O)Nc3ccccc3C)C(C)C)cc2CC1C. The molecular formula is C23H29N3O4S. The number of amides is 2. The first-order chi connectivity index (χ1) is 14.5. The summed E-state index contributed by atoms with van der Waals surface area (Å²) in [4.78, 5) is 26.6. The molecule has 0 fully saturated rings. The fraction of sp³-hybridized carbons (Fsp3) is 0.391. The van der Waals surface area contributed by atoms with Crippen molar-refractivity contribution in [1.82, 2.24) is 4.72 Å². The number of aryl methyl sites for hydroxylation is 1. The van der Waals surface area contributed by atoms with Crippen LogP contribution in [0.15, 0.2) is 47.4 Å². The average Bonchev–Trinajstić information content (AvgIpc) is 3.02. The Morgan fingerprint density at radius 1 is 1.13 bits per heavy atom. The van der Waals surface area contributed by atoms with Gasteiger partial charge in [0, 0.05) is 24.3 Å². The van der Waals surface area contributed by atoms with Crippen LogP contribution in [0.25, 0.3) is 0 Å². The molecule has 2 atom stereocenters. The number of sulfonamides is 1. The third kappa shape index (κ3) is 4.80. The molecule has 2 aromatic carbocycles. The maximum atomic E-state index is 13.1. The lowest BCUT2D eigenvalue weighted by atomic mass is 10.0. The first-order valence-electron chi connectivity index (χ1n) is 10.3. The van der Waals surface area contributed by atoms with Crippen LogP contribution in [0.2, 0.25) is 0 Å². The van der Waals surface area contributed by atoms with Gasteiger partial charge in [0.25, 0.3) is 0 Å². The van der Waals surface area contributed by atoms with Crippen LogP contribution < -0.4 is 14.9 Å². The van der Waals surface area contributed by atoms with E-state index in [-0.39, 0.29) is 22.8 Å². The van der Waals surface area contributed by atoms with E-state index in [9.17, 15) is 18.0 Å². The van der Waals surface area contributed by atoms with Gasteiger partial charge in [0.1, 0.15) is 6.04 Å². The second-order valence-corrected chi connectivity index (χ2v) is 10.1. The lowest BCUT2D eigenvalue weighted by Crippen LogP contribution is -2.47. The van der Waals surface area contributed by atoms with Crippen molar-refractivity contribution in [2.45, 2.75) is 58.0 Å². The van der Waals surface area contributed by atoms with Gasteiger partial charge in [-0.3, -0.25) is 9.59 Å². The van der Waals surface area contributed by atoms with Crippen LogP contribution in [0, 0.1) is 12.8 Å². The largest absolute Gasteiger partial charge is 0.324 e. The number of hydrogen-bond donors (Lipinski definition) is 2. The van der Waals surface area contributed by atoms with E-state index in [1.54, 1.807) is 36.9 Å². The number of benzene rings is 2. The number of carbonyl (C=O) groups is 2. The molecule has 2 unspecified atom stereocenters. The molecule has 7 nitrogen and oxygen atoms in total. The predicted molar refractivity (Wildman–Crippen MR) is 122 cm³/mol. The number of anilines is 2. The molecule has 0 spiro atoms. The Labute approximate surface area is 183 Å². The molecule has 2 aromatic rings. The molecule has 2 N–H and O–H groups in total. The molecule has 166 valence electrons. The van der Waals surface area contributed by atoms with E-state index >= 15 is 0 Å². The second kappa shape index (κ2) is 8.80. The van der Waals surface area contributed by atoms with Gasteiger partial charge in [0.15, 0.2) is 0 Å². The van der Waals surface area contributed by atoms with Gasteiger partial charge >= 0.3 is 0 Å². The van der Waals surface area contributed by atoms with Crippen LogP contribution >= 0.6 is 0 Å². The Morgan fingerprint density at radius 3 is 2.42 bits per heavy atom. The fourth-order valence-corrected chi connectivity index (χ4v) is 5.30. The predicted octanol–water partition coefficient (Wildman–Crippen LogP) is 3.23. The molecule has 0 radical (unpaired) electrons. The Hall–Kier alpha value is -2.71. The van der Waals surface area contributed by atoms with Gasteiger partial charge in [0.05, 0.1) is 4.90 Å². The molecule has 0 aromatic heterocycles. The van der Waals surface area contributed by atoms with Crippen LogP contribution in [0.5, 0.6) is 0 Å². The molecule has 0 bridgehead atoms. The van der Waals surface area contributed by atoms with Gasteiger partial charge < -0.3 is 10.2 Å². The summed E-state index contributed by atoms with van der Waals surface area (Å²) < 4.78 is 28.8. The molecule has 8 heteroatoms. The number of rotatable bonds is 6. The zero-order valence-electron chi connectivity index (χ0n) is 18.5. The fourth-order valence-electron chi connectivity index (χ4n) is 3.91. The summed E-state index contributed by atoms with van der Waals surface area (Å²) in [5, 5.41) is 2.82. The summed E-state index contributed by atoms with van der Waals surface area (Å²) in [5.74, 6) is -0.750. The minimum absolute atomic E-state index is 0.0262. The van der Waals surface area contributed by atoms with Gasteiger partial charge in [-0.15, -0.1) is 0 Å². The Bertz CT molecular complexity index is 1110. The van der Waals surface area contributed by atoms with Gasteiger partial charge in [-0.25, -0.2) is 8.42 Å². The lowest BCUT2D eigenvalue weighted by Gasteiger charge is -2.23. The van der Waals surface area contributed by atoms with E-state index in [1.165, 1.54) is 13.0 Å². The highest BCUT2D eigenvalue weighted by Gasteiger charge is 2.32. The smallest absolute Gasteiger partial charge is 0.242 e. The molecule has 1 heterocycles. The number of fused-ring (bicyclic) bond motifs is 1. The molecule has 3 rings (SSSR count). The zero-order chi connectivity index (χ0) is 22.9. The minimum atomic E-state index is -3.94. The maximum Gasteiger partial charge on any atom is 0.242 e. The molecule has 1 aliphatic heterocycles. The van der Waals surface area contributed by atoms with E-state index in [1.807, 2.05) is 32.0 Å². The average molecular weight is 444 g/mol. The summed E-state index contributed by atoms with van der Waals surface area (Å²) >= 11 is 0. The van der Waals surface area contributed by atoms with Gasteiger partial charge in [0.2, 0.25) is 21.8 Å². The van der Waals surface area contributed by atoms with E-state index in [0.717, 1.165) is 16.8 Å². The summed E-state index contributed by atoms with van der Waals surface area (Å²) in [7, 11) is -3.94. The van der Waals surface area contributed by atoms with Gasteiger partial charge in [-0.2, -0.15) is 4.72 Å². The quantitative estimate of drug-likeness (QED) is 0.716. The monoisotopic (exact) mass is 443 g/mol. The van der Waals surface area contributed by atoms with Crippen LogP contribution in [-0.4, -0.2) is 32.3 Å². The number of para-hydroxylation sites is 1. The topological polar surface area (TPSA) is 95.6 Å². The van der Waals surface area contributed by atoms with Crippen LogP contribution in [0.1, 0.15) is 38.8 Å². The van der Waals surface area contributed by atoms with Crippen molar-refractivity contribution in [3.63, 3.8) is 0 Å². The first kappa shape index (κ1) is 23.0. The van der Waals surface area contributed by atoms with Crippen LogP contribution in [-0.2, 0) is 26.0 Å². The summed E-state index contributed by atoms with van der Waals surface area (Å²) in [5.41, 5.74) is 3.07. The van der Waals surface area contributed by atoms with Crippen molar-refractivity contribution in [3.05, 3.63) is 53.6 Å². The molecule has 1 aliphatic rings. The summed E-state index contributed by atoms with van der Waals surface area (Å²) in [6.07, 6.45) is 0.583. The highest BCUT2D eigenvalue weighted by Crippen LogP contribution is 2.34. The lowest BCUT2D eigenvalue weighted by molar-refractivity contribution is -0.118. The molecule has 0 aliphatic carbocycles. The highest BCUT2D eigenvalue weighted by molar-refractivity contribution is 7.89. The summed E-state index contributed by atoms with van der Waals surface area (Å²) in [6, 6.07) is 11.1. The van der Waals surface area contributed by atoms with E-state index in [4.69, 9.17) is 0 Å². The van der Waals surface area contributed by atoms with Crippen molar-refractivity contribution >= 4 is 33.2 Å². The Balaban J connectivity index is 1.84. The number of nitrogens with zero attached hydrogens (tertiary/aromatic N) is 1. The van der Waals surface area contributed by atoms with Crippen molar-refractivity contribution < 1.29 is 18.0 Å². The van der Waals surface area contributed by atoms with Crippen molar-refractivity contribution in [1.29, 1.82) is 0 Å². The summed E-state index contributed by atoms with van der Waals surface area (Å²) in [6.45, 7) is 8.89.